The van der Waals surface area contributed by atoms with Crippen molar-refractivity contribution in [3.8, 4) is 11.3 Å². The first-order valence-corrected chi connectivity index (χ1v) is 11.2. The Morgan fingerprint density at radius 3 is 2.31 bits per heavy atom. The maximum absolute atomic E-state index is 12.8. The maximum Gasteiger partial charge on any atom is 0.242 e. The van der Waals surface area contributed by atoms with Crippen LogP contribution in [0.3, 0.4) is 0 Å². The van der Waals surface area contributed by atoms with Gasteiger partial charge in [0.1, 0.15) is 6.54 Å². The van der Waals surface area contributed by atoms with Gasteiger partial charge in [0.25, 0.3) is 0 Å². The summed E-state index contributed by atoms with van der Waals surface area (Å²) in [5, 5.41) is 8.79. The van der Waals surface area contributed by atoms with E-state index in [-0.39, 0.29) is 24.3 Å². The Hall–Kier alpha value is -3.22. The predicted molar refractivity (Wildman–Crippen MR) is 127 cm³/mol. The summed E-state index contributed by atoms with van der Waals surface area (Å²) in [6.45, 7) is 12.8. The molecule has 3 rings (SSSR count). The number of aryl methyl sites for hydroxylation is 1. The highest BCUT2D eigenvalue weighted by atomic mass is 16.2. The summed E-state index contributed by atoms with van der Waals surface area (Å²) in [4.78, 5) is 30.8. The van der Waals surface area contributed by atoms with Crippen molar-refractivity contribution in [3.05, 3.63) is 54.6 Å². The second kappa shape index (κ2) is 10.9. The Morgan fingerprint density at radius 1 is 1.06 bits per heavy atom. The van der Waals surface area contributed by atoms with E-state index in [9.17, 15) is 9.59 Å². The minimum Gasteiger partial charge on any atom is -0.352 e. The van der Waals surface area contributed by atoms with Crippen molar-refractivity contribution >= 4 is 17.6 Å². The van der Waals surface area contributed by atoms with E-state index in [1.807, 2.05) is 43.0 Å². The largest absolute Gasteiger partial charge is 0.352 e. The molecule has 7 heteroatoms. The van der Waals surface area contributed by atoms with E-state index >= 15 is 0 Å². The van der Waals surface area contributed by atoms with Gasteiger partial charge in [-0.1, -0.05) is 49.8 Å². The number of carbonyl (C=O) groups is 2. The molecule has 32 heavy (non-hydrogen) atoms. The van der Waals surface area contributed by atoms with Crippen molar-refractivity contribution in [2.75, 3.05) is 44.2 Å². The molecule has 0 saturated carbocycles. The molecule has 2 heterocycles. The molecule has 0 aliphatic carbocycles. The van der Waals surface area contributed by atoms with Gasteiger partial charge in [0.15, 0.2) is 5.82 Å². The van der Waals surface area contributed by atoms with E-state index in [1.165, 1.54) is 5.56 Å². The van der Waals surface area contributed by atoms with Crippen LogP contribution < -0.4 is 4.90 Å². The molecule has 1 aliphatic rings. The van der Waals surface area contributed by atoms with Gasteiger partial charge in [-0.05, 0) is 25.0 Å². The minimum absolute atomic E-state index is 0.00386. The van der Waals surface area contributed by atoms with E-state index in [2.05, 4.69) is 40.7 Å². The molecule has 1 aromatic carbocycles. The fourth-order valence-electron chi connectivity index (χ4n) is 3.71. The number of carbonyl (C=O) groups excluding carboxylic acids is 2. The molecule has 0 unspecified atom stereocenters. The molecule has 0 N–H and O–H groups in total. The van der Waals surface area contributed by atoms with Gasteiger partial charge in [0.05, 0.1) is 5.69 Å². The van der Waals surface area contributed by atoms with Crippen molar-refractivity contribution < 1.29 is 9.59 Å². The Kier molecular flexibility index (Phi) is 7.98. The van der Waals surface area contributed by atoms with E-state index in [1.54, 1.807) is 11.0 Å². The average Bonchev–Trinajstić information content (AvgIpc) is 2.79. The average molecular weight is 436 g/mol. The Morgan fingerprint density at radius 2 is 1.75 bits per heavy atom. The van der Waals surface area contributed by atoms with Crippen LogP contribution in [-0.4, -0.2) is 71.1 Å². The van der Waals surface area contributed by atoms with E-state index < -0.39 is 0 Å². The Balaban J connectivity index is 1.54. The van der Waals surface area contributed by atoms with Gasteiger partial charge in [0.2, 0.25) is 11.8 Å². The summed E-state index contributed by atoms with van der Waals surface area (Å²) in [7, 11) is 0. The van der Waals surface area contributed by atoms with Crippen molar-refractivity contribution in [1.29, 1.82) is 0 Å². The summed E-state index contributed by atoms with van der Waals surface area (Å²) >= 11 is 0. The third kappa shape index (κ3) is 6.15. The highest BCUT2D eigenvalue weighted by molar-refractivity contribution is 5.85. The van der Waals surface area contributed by atoms with Crippen LogP contribution >= 0.6 is 0 Å². The molecule has 2 aromatic rings. The van der Waals surface area contributed by atoms with Crippen LogP contribution in [0.15, 0.2) is 49.1 Å². The molecule has 7 nitrogen and oxygen atoms in total. The topological polar surface area (TPSA) is 69.6 Å². The van der Waals surface area contributed by atoms with Crippen LogP contribution in [-0.2, 0) is 9.59 Å². The van der Waals surface area contributed by atoms with Gasteiger partial charge in [0, 0.05) is 44.7 Å². The number of piperazine rings is 1. The zero-order valence-corrected chi connectivity index (χ0v) is 19.3. The third-order valence-corrected chi connectivity index (χ3v) is 5.57. The van der Waals surface area contributed by atoms with Gasteiger partial charge in [-0.2, -0.15) is 0 Å². The molecule has 0 bridgehead atoms. The number of anilines is 1. The second-order valence-electron chi connectivity index (χ2n) is 8.67. The number of benzene rings is 1. The van der Waals surface area contributed by atoms with Crippen molar-refractivity contribution in [2.24, 2.45) is 5.92 Å². The van der Waals surface area contributed by atoms with Crippen molar-refractivity contribution in [1.82, 2.24) is 20.0 Å². The number of hydrogen-bond acceptors (Lipinski definition) is 5. The van der Waals surface area contributed by atoms with Gasteiger partial charge < -0.3 is 14.7 Å². The normalized spacial score (nSPS) is 13.9. The van der Waals surface area contributed by atoms with Crippen molar-refractivity contribution in [3.63, 3.8) is 0 Å². The lowest BCUT2D eigenvalue weighted by atomic mass is 10.1. The number of rotatable bonds is 8. The number of aromatic nitrogens is 2. The second-order valence-corrected chi connectivity index (χ2v) is 8.67. The molecular weight excluding hydrogens is 402 g/mol. The molecule has 1 fully saturated rings. The molecule has 170 valence electrons. The lowest BCUT2D eigenvalue weighted by Crippen LogP contribution is -2.52. The molecule has 1 aliphatic heterocycles. The summed E-state index contributed by atoms with van der Waals surface area (Å²) in [5.74, 6) is 1.04. The molecule has 0 atom stereocenters. The predicted octanol–water partition coefficient (Wildman–Crippen LogP) is 3.16. The van der Waals surface area contributed by atoms with Crippen LogP contribution in [0.2, 0.25) is 0 Å². The van der Waals surface area contributed by atoms with Crippen molar-refractivity contribution in [2.45, 2.75) is 27.2 Å². The standard InChI is InChI=1S/C25H33N5O2/c1-5-12-30(24(31)17-19(2)3)18-25(32)29-15-13-28(14-16-29)23-11-10-22(26-27-23)21-8-6-20(4)7-9-21/h5-11,19H,1,12-18H2,2-4H3. The third-order valence-electron chi connectivity index (χ3n) is 5.57. The fraction of sp³-hybridized carbons (Fsp3) is 0.440. The first-order chi connectivity index (χ1) is 15.4. The molecule has 1 aromatic heterocycles. The summed E-state index contributed by atoms with van der Waals surface area (Å²) in [6.07, 6.45) is 2.11. The van der Waals surface area contributed by atoms with E-state index in [4.69, 9.17) is 0 Å². The van der Waals surface area contributed by atoms with Crippen LogP contribution in [0.1, 0.15) is 25.8 Å². The lowest BCUT2D eigenvalue weighted by Gasteiger charge is -2.36. The quantitative estimate of drug-likeness (QED) is 0.596. The Labute approximate surface area is 190 Å². The van der Waals surface area contributed by atoms with Gasteiger partial charge in [-0.25, -0.2) is 0 Å². The highest BCUT2D eigenvalue weighted by Crippen LogP contribution is 2.20. The zero-order chi connectivity index (χ0) is 23.1. The van der Waals surface area contributed by atoms with Crippen LogP contribution in [0, 0.1) is 12.8 Å². The van der Waals surface area contributed by atoms with Gasteiger partial charge in [-0.15, -0.1) is 16.8 Å². The van der Waals surface area contributed by atoms with Crippen LogP contribution in [0.25, 0.3) is 11.3 Å². The molecule has 0 radical (unpaired) electrons. The SMILES string of the molecule is C=CCN(CC(=O)N1CCN(c2ccc(-c3ccc(C)cc3)nn2)CC1)C(=O)CC(C)C. The summed E-state index contributed by atoms with van der Waals surface area (Å²) in [5.41, 5.74) is 3.10. The van der Waals surface area contributed by atoms with Crippen LogP contribution in [0.5, 0.6) is 0 Å². The molecular formula is C25H33N5O2. The fourth-order valence-corrected chi connectivity index (χ4v) is 3.71. The first kappa shape index (κ1) is 23.4. The lowest BCUT2D eigenvalue weighted by molar-refractivity contribution is -0.140. The smallest absolute Gasteiger partial charge is 0.242 e. The van der Waals surface area contributed by atoms with Gasteiger partial charge >= 0.3 is 0 Å². The van der Waals surface area contributed by atoms with Crippen LogP contribution in [0.4, 0.5) is 5.82 Å². The number of hydrogen-bond donors (Lipinski definition) is 0. The first-order valence-electron chi connectivity index (χ1n) is 11.2. The maximum atomic E-state index is 12.8. The summed E-state index contributed by atoms with van der Waals surface area (Å²) in [6, 6.07) is 12.2. The molecule has 1 saturated heterocycles. The van der Waals surface area contributed by atoms with Gasteiger partial charge in [-0.3, -0.25) is 9.59 Å². The summed E-state index contributed by atoms with van der Waals surface area (Å²) < 4.78 is 0. The van der Waals surface area contributed by atoms with E-state index in [0.717, 1.165) is 17.1 Å². The molecule has 2 amide bonds. The number of nitrogens with zero attached hydrogens (tertiary/aromatic N) is 5. The minimum atomic E-state index is -0.0237. The Bertz CT molecular complexity index is 916. The monoisotopic (exact) mass is 435 g/mol. The highest BCUT2D eigenvalue weighted by Gasteiger charge is 2.25. The number of amides is 2. The zero-order valence-electron chi connectivity index (χ0n) is 19.3. The molecule has 0 spiro atoms. The van der Waals surface area contributed by atoms with E-state index in [0.29, 0.717) is 39.1 Å².